The van der Waals surface area contributed by atoms with Gasteiger partial charge in [-0.3, -0.25) is 9.79 Å². The number of carbonyl (C=O) groups is 1. The van der Waals surface area contributed by atoms with Crippen LogP contribution in [0, 0.1) is 0 Å². The van der Waals surface area contributed by atoms with Crippen molar-refractivity contribution in [1.29, 1.82) is 0 Å². The first-order valence-electron chi connectivity index (χ1n) is 9.39. The number of nitrogens with zero attached hydrogens (tertiary/aromatic N) is 1. The summed E-state index contributed by atoms with van der Waals surface area (Å²) >= 11 is 0. The molecular weight excluding hydrogens is 524 g/mol. The van der Waals surface area contributed by atoms with E-state index in [4.69, 9.17) is 0 Å². The molecule has 0 unspecified atom stereocenters. The zero-order valence-corrected chi connectivity index (χ0v) is 19.4. The lowest BCUT2D eigenvalue weighted by Gasteiger charge is -2.13. The predicted octanol–water partition coefficient (Wildman–Crippen LogP) is 3.27. The van der Waals surface area contributed by atoms with Crippen LogP contribution in [0.1, 0.15) is 11.1 Å². The fraction of sp³-hybridized carbons (Fsp3) is 0.333. The van der Waals surface area contributed by atoms with Gasteiger partial charge in [0.1, 0.15) is 5.75 Å². The van der Waals surface area contributed by atoms with E-state index in [-0.39, 0.29) is 42.2 Å². The Morgan fingerprint density at radius 2 is 1.65 bits per heavy atom. The molecule has 0 aliphatic heterocycles. The Labute approximate surface area is 196 Å². The minimum atomic E-state index is -4.37. The summed E-state index contributed by atoms with van der Waals surface area (Å²) in [7, 11) is 1.58. The Kier molecular flexibility index (Phi) is 11.8. The van der Waals surface area contributed by atoms with E-state index in [0.717, 1.165) is 17.5 Å². The van der Waals surface area contributed by atoms with E-state index in [1.54, 1.807) is 19.2 Å². The molecule has 1 amide bonds. The van der Waals surface area contributed by atoms with Gasteiger partial charge in [-0.1, -0.05) is 42.5 Å². The predicted molar refractivity (Wildman–Crippen MR) is 125 cm³/mol. The summed E-state index contributed by atoms with van der Waals surface area (Å²) in [5, 5.41) is 8.79. The Balaban J connectivity index is 0.00000480. The summed E-state index contributed by atoms with van der Waals surface area (Å²) in [5.41, 5.74) is 1.97. The summed E-state index contributed by atoms with van der Waals surface area (Å²) in [6.07, 6.45) is -3.62. The van der Waals surface area contributed by atoms with Gasteiger partial charge in [-0.15, -0.1) is 24.0 Å². The summed E-state index contributed by atoms with van der Waals surface area (Å²) in [6.45, 7) is -0.332. The lowest BCUT2D eigenvalue weighted by molar-refractivity contribution is -0.153. The number of amides is 1. The average molecular weight is 550 g/mol. The molecule has 6 nitrogen and oxygen atoms in total. The topological polar surface area (TPSA) is 74.8 Å². The van der Waals surface area contributed by atoms with E-state index in [1.807, 2.05) is 30.3 Å². The van der Waals surface area contributed by atoms with Crippen LogP contribution in [0.4, 0.5) is 13.2 Å². The van der Waals surface area contributed by atoms with Crippen molar-refractivity contribution in [3.05, 3.63) is 65.7 Å². The van der Waals surface area contributed by atoms with Crippen LogP contribution in [-0.4, -0.2) is 44.8 Å². The molecule has 0 saturated heterocycles. The van der Waals surface area contributed by atoms with E-state index in [2.05, 4.69) is 25.7 Å². The number of alkyl halides is 3. The van der Waals surface area contributed by atoms with Crippen LogP contribution in [0.3, 0.4) is 0 Å². The Hall–Kier alpha value is -2.50. The lowest BCUT2D eigenvalue weighted by atomic mass is 10.1. The van der Waals surface area contributed by atoms with Crippen molar-refractivity contribution >= 4 is 35.8 Å². The van der Waals surface area contributed by atoms with Gasteiger partial charge in [-0.2, -0.15) is 13.2 Å². The average Bonchev–Trinajstić information content (AvgIpc) is 2.73. The van der Waals surface area contributed by atoms with Crippen molar-refractivity contribution in [2.45, 2.75) is 19.1 Å². The second-order valence-electron chi connectivity index (χ2n) is 6.41. The number of nitrogens with one attached hydrogen (secondary N) is 3. The smallest absolute Gasteiger partial charge is 0.422 e. The molecule has 0 bridgehead atoms. The van der Waals surface area contributed by atoms with E-state index in [1.165, 1.54) is 12.1 Å². The molecule has 0 aromatic heterocycles. The second-order valence-corrected chi connectivity index (χ2v) is 6.41. The number of benzene rings is 2. The Morgan fingerprint density at radius 1 is 0.968 bits per heavy atom. The fourth-order valence-corrected chi connectivity index (χ4v) is 2.49. The minimum Gasteiger partial charge on any atom is -0.484 e. The largest absolute Gasteiger partial charge is 0.484 e. The summed E-state index contributed by atoms with van der Waals surface area (Å²) in [4.78, 5) is 16.0. The first-order valence-corrected chi connectivity index (χ1v) is 9.39. The van der Waals surface area contributed by atoms with E-state index in [0.29, 0.717) is 19.0 Å². The highest BCUT2D eigenvalue weighted by molar-refractivity contribution is 14.0. The van der Waals surface area contributed by atoms with Gasteiger partial charge in [0.25, 0.3) is 0 Å². The SMILES string of the molecule is CN=C(NCC(=O)NCCc1ccccc1)NCc1ccc(OCC(F)(F)F)cc1.I. The molecule has 0 aliphatic carbocycles. The molecule has 0 saturated carbocycles. The van der Waals surface area contributed by atoms with Crippen molar-refractivity contribution in [1.82, 2.24) is 16.0 Å². The summed E-state index contributed by atoms with van der Waals surface area (Å²) in [5.74, 6) is 0.427. The normalized spacial score (nSPS) is 11.3. The number of guanidine groups is 1. The van der Waals surface area contributed by atoms with Crippen LogP contribution >= 0.6 is 24.0 Å². The van der Waals surface area contributed by atoms with Gasteiger partial charge in [-0.05, 0) is 29.7 Å². The quantitative estimate of drug-likeness (QED) is 0.255. The monoisotopic (exact) mass is 550 g/mol. The third kappa shape index (κ3) is 11.5. The third-order valence-corrected chi connectivity index (χ3v) is 4.00. The van der Waals surface area contributed by atoms with Gasteiger partial charge >= 0.3 is 6.18 Å². The van der Waals surface area contributed by atoms with Crippen molar-refractivity contribution in [2.24, 2.45) is 4.99 Å². The number of halogens is 4. The highest BCUT2D eigenvalue weighted by atomic mass is 127. The summed E-state index contributed by atoms with van der Waals surface area (Å²) in [6, 6.07) is 16.1. The molecule has 0 radical (unpaired) electrons. The van der Waals surface area contributed by atoms with Gasteiger partial charge in [-0.25, -0.2) is 0 Å². The lowest BCUT2D eigenvalue weighted by Crippen LogP contribution is -2.43. The second kappa shape index (κ2) is 13.7. The van der Waals surface area contributed by atoms with Crippen molar-refractivity contribution in [3.8, 4) is 5.75 Å². The van der Waals surface area contributed by atoms with Crippen molar-refractivity contribution in [2.75, 3.05) is 26.7 Å². The standard InChI is InChI=1S/C21H25F3N4O2.HI/c1-25-20(28-14-19(29)26-12-11-16-5-3-2-4-6-16)27-13-17-7-9-18(10-8-17)30-15-21(22,23)24;/h2-10H,11-15H2,1H3,(H,26,29)(H2,25,27,28);1H. The highest BCUT2D eigenvalue weighted by Crippen LogP contribution is 2.18. The van der Waals surface area contributed by atoms with Crippen molar-refractivity contribution in [3.63, 3.8) is 0 Å². The van der Waals surface area contributed by atoms with Gasteiger partial charge in [0.15, 0.2) is 12.6 Å². The van der Waals surface area contributed by atoms with Crippen molar-refractivity contribution < 1.29 is 22.7 Å². The Bertz CT molecular complexity index is 816. The molecule has 0 fully saturated rings. The van der Waals surface area contributed by atoms with Gasteiger partial charge in [0.2, 0.25) is 5.91 Å². The molecule has 2 aromatic carbocycles. The van der Waals surface area contributed by atoms with E-state index < -0.39 is 12.8 Å². The molecule has 2 rings (SSSR count). The number of ether oxygens (including phenoxy) is 1. The van der Waals surface area contributed by atoms with Crippen LogP contribution in [0.5, 0.6) is 5.75 Å². The number of hydrogen-bond acceptors (Lipinski definition) is 3. The molecular formula is C21H26F3IN4O2. The van der Waals surface area contributed by atoms with Crippen LogP contribution in [0.15, 0.2) is 59.6 Å². The number of carbonyl (C=O) groups excluding carboxylic acids is 1. The molecule has 3 N–H and O–H groups in total. The molecule has 170 valence electrons. The molecule has 0 aliphatic rings. The number of rotatable bonds is 9. The molecule has 0 spiro atoms. The maximum absolute atomic E-state index is 12.2. The van der Waals surface area contributed by atoms with E-state index in [9.17, 15) is 18.0 Å². The van der Waals surface area contributed by atoms with Crippen LogP contribution < -0.4 is 20.7 Å². The van der Waals surface area contributed by atoms with Gasteiger partial charge in [0, 0.05) is 20.1 Å². The zero-order chi connectivity index (χ0) is 21.8. The maximum atomic E-state index is 12.2. The number of aliphatic imine (C=N–C) groups is 1. The molecule has 0 atom stereocenters. The van der Waals surface area contributed by atoms with Gasteiger partial charge in [0.05, 0.1) is 6.54 Å². The van der Waals surface area contributed by atoms with Crippen LogP contribution in [0.25, 0.3) is 0 Å². The molecule has 10 heteroatoms. The van der Waals surface area contributed by atoms with Crippen LogP contribution in [0.2, 0.25) is 0 Å². The molecule has 0 heterocycles. The minimum absolute atomic E-state index is 0. The zero-order valence-electron chi connectivity index (χ0n) is 17.0. The van der Waals surface area contributed by atoms with E-state index >= 15 is 0 Å². The highest BCUT2D eigenvalue weighted by Gasteiger charge is 2.28. The first kappa shape index (κ1) is 26.5. The molecule has 2 aromatic rings. The maximum Gasteiger partial charge on any atom is 0.422 e. The van der Waals surface area contributed by atoms with Gasteiger partial charge < -0.3 is 20.7 Å². The van der Waals surface area contributed by atoms with Crippen LogP contribution in [-0.2, 0) is 17.8 Å². The summed E-state index contributed by atoms with van der Waals surface area (Å²) < 4.78 is 41.2. The third-order valence-electron chi connectivity index (χ3n) is 4.00. The first-order chi connectivity index (χ1) is 14.4. The Morgan fingerprint density at radius 3 is 2.26 bits per heavy atom. The molecule has 31 heavy (non-hydrogen) atoms. The number of hydrogen-bond donors (Lipinski definition) is 3. The fourth-order valence-electron chi connectivity index (χ4n) is 2.49.